The lowest BCUT2D eigenvalue weighted by molar-refractivity contribution is 0.250. The monoisotopic (exact) mass is 525 g/mol. The summed E-state index contributed by atoms with van der Waals surface area (Å²) in [6.07, 6.45) is 2.79. The third-order valence-corrected chi connectivity index (χ3v) is 6.79. The Morgan fingerprint density at radius 2 is 1.74 bits per heavy atom. The van der Waals surface area contributed by atoms with E-state index in [1.54, 1.807) is 7.11 Å². The first-order valence-electron chi connectivity index (χ1n) is 13.3. The molecule has 0 aliphatic carbocycles. The molecule has 0 aliphatic heterocycles. The van der Waals surface area contributed by atoms with E-state index in [0.29, 0.717) is 6.54 Å². The highest BCUT2D eigenvalue weighted by Crippen LogP contribution is 2.32. The third kappa shape index (κ3) is 7.25. The molecule has 39 heavy (non-hydrogen) atoms. The Labute approximate surface area is 231 Å². The van der Waals surface area contributed by atoms with Crippen molar-refractivity contribution in [2.45, 2.75) is 47.6 Å². The first kappa shape index (κ1) is 27.9. The number of anilines is 2. The van der Waals surface area contributed by atoms with E-state index in [9.17, 15) is 4.79 Å². The SMILES string of the molecule is COc1ccc(CN(C)c2cc3nc(C)c(-c4cc(NC(=O)NCCC(C)(C)C)ccc4C)cc3cn2)cc1. The number of aromatic nitrogens is 2. The number of pyridine rings is 2. The number of urea groups is 1. The lowest BCUT2D eigenvalue weighted by Gasteiger charge is -2.19. The van der Waals surface area contributed by atoms with Crippen molar-refractivity contribution in [2.24, 2.45) is 5.41 Å². The van der Waals surface area contributed by atoms with E-state index in [1.165, 1.54) is 5.56 Å². The van der Waals surface area contributed by atoms with Crippen molar-refractivity contribution in [3.8, 4) is 16.9 Å². The van der Waals surface area contributed by atoms with Gasteiger partial charge >= 0.3 is 6.03 Å². The van der Waals surface area contributed by atoms with Gasteiger partial charge in [0, 0.05) is 54.7 Å². The number of nitrogens with one attached hydrogen (secondary N) is 2. The van der Waals surface area contributed by atoms with Crippen LogP contribution in [0, 0.1) is 19.3 Å². The molecule has 7 nitrogen and oxygen atoms in total. The smallest absolute Gasteiger partial charge is 0.319 e. The summed E-state index contributed by atoms with van der Waals surface area (Å²) in [5, 5.41) is 6.89. The number of methoxy groups -OCH3 is 1. The number of rotatable bonds is 8. The summed E-state index contributed by atoms with van der Waals surface area (Å²) in [5.74, 6) is 1.70. The minimum atomic E-state index is -0.196. The number of nitrogens with zero attached hydrogens (tertiary/aromatic N) is 3. The van der Waals surface area contributed by atoms with Crippen LogP contribution in [0.2, 0.25) is 0 Å². The summed E-state index contributed by atoms with van der Waals surface area (Å²) in [5.41, 5.74) is 7.09. The Balaban J connectivity index is 1.53. The molecule has 0 unspecified atom stereocenters. The molecule has 0 aliphatic rings. The van der Waals surface area contributed by atoms with Crippen molar-refractivity contribution >= 4 is 28.4 Å². The molecule has 2 aromatic carbocycles. The Hall–Kier alpha value is -4.13. The molecule has 2 N–H and O–H groups in total. The van der Waals surface area contributed by atoms with Gasteiger partial charge in [0.1, 0.15) is 11.6 Å². The molecule has 2 aromatic heterocycles. The van der Waals surface area contributed by atoms with Crippen LogP contribution in [0.15, 0.2) is 60.8 Å². The van der Waals surface area contributed by atoms with Gasteiger partial charge in [-0.2, -0.15) is 0 Å². The number of fused-ring (bicyclic) bond motifs is 1. The number of amides is 2. The molecule has 0 fully saturated rings. The molecule has 0 atom stereocenters. The lowest BCUT2D eigenvalue weighted by atomic mass is 9.92. The van der Waals surface area contributed by atoms with Gasteiger partial charge in [0.05, 0.1) is 12.6 Å². The van der Waals surface area contributed by atoms with E-state index in [2.05, 4.69) is 61.4 Å². The van der Waals surface area contributed by atoms with Crippen LogP contribution in [-0.4, -0.2) is 36.7 Å². The highest BCUT2D eigenvalue weighted by Gasteiger charge is 2.14. The van der Waals surface area contributed by atoms with E-state index >= 15 is 0 Å². The molecule has 4 rings (SSSR count). The molecule has 204 valence electrons. The van der Waals surface area contributed by atoms with Gasteiger partial charge < -0.3 is 20.3 Å². The maximum atomic E-state index is 12.5. The van der Waals surface area contributed by atoms with Crippen molar-refractivity contribution in [1.82, 2.24) is 15.3 Å². The summed E-state index contributed by atoms with van der Waals surface area (Å²) < 4.78 is 5.26. The number of benzene rings is 2. The van der Waals surface area contributed by atoms with Gasteiger partial charge in [0.15, 0.2) is 0 Å². The molecule has 7 heteroatoms. The topological polar surface area (TPSA) is 79.4 Å². The van der Waals surface area contributed by atoms with Crippen LogP contribution in [-0.2, 0) is 6.54 Å². The maximum Gasteiger partial charge on any atom is 0.319 e. The molecular formula is C32H39N5O2. The summed E-state index contributed by atoms with van der Waals surface area (Å²) in [6, 6.07) is 18.0. The minimum Gasteiger partial charge on any atom is -0.497 e. The van der Waals surface area contributed by atoms with Gasteiger partial charge in [-0.3, -0.25) is 4.98 Å². The van der Waals surface area contributed by atoms with Gasteiger partial charge in [0.2, 0.25) is 0 Å². The van der Waals surface area contributed by atoms with E-state index in [0.717, 1.165) is 63.5 Å². The van der Waals surface area contributed by atoms with Crippen molar-refractivity contribution < 1.29 is 9.53 Å². The highest BCUT2D eigenvalue weighted by molar-refractivity contribution is 5.91. The molecule has 0 saturated heterocycles. The molecule has 2 heterocycles. The molecule has 0 spiro atoms. The van der Waals surface area contributed by atoms with E-state index in [4.69, 9.17) is 14.7 Å². The van der Waals surface area contributed by atoms with Crippen LogP contribution in [0.3, 0.4) is 0 Å². The first-order valence-corrected chi connectivity index (χ1v) is 13.3. The number of carbonyl (C=O) groups is 1. The van der Waals surface area contributed by atoms with Gasteiger partial charge in [-0.25, -0.2) is 9.78 Å². The second kappa shape index (κ2) is 11.7. The predicted molar refractivity (Wildman–Crippen MR) is 161 cm³/mol. The zero-order chi connectivity index (χ0) is 28.2. The van der Waals surface area contributed by atoms with Crippen molar-refractivity contribution in [3.63, 3.8) is 0 Å². The average molecular weight is 526 g/mol. The van der Waals surface area contributed by atoms with Gasteiger partial charge in [-0.05, 0) is 72.7 Å². The summed E-state index contributed by atoms with van der Waals surface area (Å²) in [7, 11) is 3.70. The number of carbonyl (C=O) groups excluding carboxylic acids is 1. The van der Waals surface area contributed by atoms with Gasteiger partial charge in [-0.1, -0.05) is 39.0 Å². The quantitative estimate of drug-likeness (QED) is 0.256. The average Bonchev–Trinajstić information content (AvgIpc) is 2.89. The fraction of sp³-hybridized carbons (Fsp3) is 0.344. The van der Waals surface area contributed by atoms with Crippen molar-refractivity contribution in [3.05, 3.63) is 77.6 Å². The fourth-order valence-electron chi connectivity index (χ4n) is 4.44. The third-order valence-electron chi connectivity index (χ3n) is 6.79. The molecule has 2 amide bonds. The fourth-order valence-corrected chi connectivity index (χ4v) is 4.44. The Bertz CT molecular complexity index is 1460. The highest BCUT2D eigenvalue weighted by atomic mass is 16.5. The number of aryl methyl sites for hydroxylation is 2. The maximum absolute atomic E-state index is 12.5. The zero-order valence-electron chi connectivity index (χ0n) is 24.1. The van der Waals surface area contributed by atoms with E-state index in [-0.39, 0.29) is 11.4 Å². The minimum absolute atomic E-state index is 0.173. The summed E-state index contributed by atoms with van der Waals surface area (Å²) >= 11 is 0. The second-order valence-corrected chi connectivity index (χ2v) is 11.3. The molecule has 0 saturated carbocycles. The normalized spacial score (nSPS) is 11.4. The molecule has 0 radical (unpaired) electrons. The number of hydrogen-bond donors (Lipinski definition) is 2. The van der Waals surface area contributed by atoms with E-state index in [1.807, 2.05) is 56.6 Å². The van der Waals surface area contributed by atoms with Crippen molar-refractivity contribution in [1.29, 1.82) is 0 Å². The van der Waals surface area contributed by atoms with Gasteiger partial charge in [0.25, 0.3) is 0 Å². The van der Waals surface area contributed by atoms with Gasteiger partial charge in [-0.15, -0.1) is 0 Å². The second-order valence-electron chi connectivity index (χ2n) is 11.3. The van der Waals surface area contributed by atoms with Crippen LogP contribution in [0.1, 0.15) is 44.0 Å². The Morgan fingerprint density at radius 1 is 1.00 bits per heavy atom. The van der Waals surface area contributed by atoms with Crippen LogP contribution >= 0.6 is 0 Å². The predicted octanol–water partition coefficient (Wildman–Crippen LogP) is 7.12. The van der Waals surface area contributed by atoms with E-state index < -0.39 is 0 Å². The molecular weight excluding hydrogens is 486 g/mol. The van der Waals surface area contributed by atoms with Crippen LogP contribution in [0.4, 0.5) is 16.3 Å². The molecule has 0 bridgehead atoms. The van der Waals surface area contributed by atoms with Crippen LogP contribution in [0.25, 0.3) is 22.0 Å². The Kier molecular flexibility index (Phi) is 8.38. The largest absolute Gasteiger partial charge is 0.497 e. The lowest BCUT2D eigenvalue weighted by Crippen LogP contribution is -2.31. The first-order chi connectivity index (χ1) is 18.5. The molecule has 4 aromatic rings. The number of ether oxygens (including phenoxy) is 1. The van der Waals surface area contributed by atoms with Crippen LogP contribution < -0.4 is 20.3 Å². The zero-order valence-corrected chi connectivity index (χ0v) is 24.1. The number of hydrogen-bond acceptors (Lipinski definition) is 5. The van der Waals surface area contributed by atoms with Crippen molar-refractivity contribution in [2.75, 3.05) is 30.9 Å². The summed E-state index contributed by atoms with van der Waals surface area (Å²) in [6.45, 7) is 11.9. The Morgan fingerprint density at radius 3 is 2.44 bits per heavy atom. The van der Waals surface area contributed by atoms with Crippen LogP contribution in [0.5, 0.6) is 5.75 Å². The standard InChI is InChI=1S/C32H39N5O2/c1-21-8-11-25(36-31(38)33-15-14-32(3,4)5)17-27(21)28-16-24-19-34-30(18-29(24)35-22(28)2)37(6)20-23-9-12-26(39-7)13-10-23/h8-13,16-19H,14-15,20H2,1-7H3,(H2,33,36,38). The summed E-state index contributed by atoms with van der Waals surface area (Å²) in [4.78, 5) is 24.2.